The molecule has 110 valence electrons. The molecule has 1 rings (SSSR count). The van der Waals surface area contributed by atoms with Crippen molar-refractivity contribution >= 4 is 17.6 Å². The van der Waals surface area contributed by atoms with Crippen LogP contribution in [0.5, 0.6) is 0 Å². The van der Waals surface area contributed by atoms with Crippen molar-refractivity contribution < 1.29 is 14.7 Å². The van der Waals surface area contributed by atoms with Gasteiger partial charge in [0, 0.05) is 17.6 Å². The summed E-state index contributed by atoms with van der Waals surface area (Å²) in [6, 6.07) is 5.75. The fourth-order valence-corrected chi connectivity index (χ4v) is 1.85. The van der Waals surface area contributed by atoms with E-state index < -0.39 is 11.4 Å². The average molecular weight is 277 g/mol. The van der Waals surface area contributed by atoms with E-state index in [0.29, 0.717) is 0 Å². The lowest BCUT2D eigenvalue weighted by Gasteiger charge is -2.29. The third-order valence-electron chi connectivity index (χ3n) is 3.24. The number of amides is 1. The number of anilines is 1. The quantitative estimate of drug-likeness (QED) is 0.919. The molecule has 0 unspecified atom stereocenters. The molecule has 0 aliphatic rings. The molecule has 4 heteroatoms. The number of nitrogens with zero attached hydrogens (tertiary/aromatic N) is 1. The number of aryl methyl sites for hydroxylation is 2. The van der Waals surface area contributed by atoms with Gasteiger partial charge in [-0.2, -0.15) is 0 Å². The van der Waals surface area contributed by atoms with Gasteiger partial charge in [0.15, 0.2) is 0 Å². The molecule has 0 spiro atoms. The molecule has 0 saturated heterocycles. The van der Waals surface area contributed by atoms with Gasteiger partial charge in [-0.1, -0.05) is 26.8 Å². The van der Waals surface area contributed by atoms with Crippen molar-refractivity contribution in [2.24, 2.45) is 5.41 Å². The van der Waals surface area contributed by atoms with Crippen molar-refractivity contribution in [1.82, 2.24) is 0 Å². The van der Waals surface area contributed by atoms with Crippen LogP contribution in [0.1, 0.15) is 38.3 Å². The minimum absolute atomic E-state index is 0.0608. The van der Waals surface area contributed by atoms with Crippen LogP contribution in [0, 0.1) is 19.3 Å². The van der Waals surface area contributed by atoms with Gasteiger partial charge in [0.2, 0.25) is 5.91 Å². The van der Waals surface area contributed by atoms with E-state index in [9.17, 15) is 9.59 Å². The lowest BCUT2D eigenvalue weighted by atomic mass is 9.94. The van der Waals surface area contributed by atoms with Crippen LogP contribution in [0.3, 0.4) is 0 Å². The minimum atomic E-state index is -0.902. The van der Waals surface area contributed by atoms with Crippen molar-refractivity contribution in [3.8, 4) is 0 Å². The average Bonchev–Trinajstić information content (AvgIpc) is 2.32. The highest BCUT2D eigenvalue weighted by Crippen LogP contribution is 2.25. The molecule has 0 aliphatic carbocycles. The second-order valence-corrected chi connectivity index (χ2v) is 6.12. The molecule has 0 radical (unpaired) electrons. The van der Waals surface area contributed by atoms with Gasteiger partial charge in [-0.3, -0.25) is 9.59 Å². The molecular weight excluding hydrogens is 254 g/mol. The van der Waals surface area contributed by atoms with Crippen LogP contribution in [0.15, 0.2) is 18.2 Å². The maximum Gasteiger partial charge on any atom is 0.305 e. The molecule has 0 heterocycles. The van der Waals surface area contributed by atoms with Gasteiger partial charge in [-0.25, -0.2) is 0 Å². The van der Waals surface area contributed by atoms with Crippen LogP contribution >= 0.6 is 0 Å². The van der Waals surface area contributed by atoms with Crippen molar-refractivity contribution in [3.05, 3.63) is 29.3 Å². The molecule has 1 amide bonds. The third-order valence-corrected chi connectivity index (χ3v) is 3.24. The molecule has 0 aliphatic heterocycles. The Balaban J connectivity index is 3.12. The fourth-order valence-electron chi connectivity index (χ4n) is 1.85. The molecular formula is C16H23NO3. The molecule has 1 aromatic carbocycles. The number of aliphatic carboxylic acids is 1. The number of carboxylic acids is 1. The predicted octanol–water partition coefficient (Wildman–Crippen LogP) is 3.16. The Kier molecular flexibility index (Phi) is 4.93. The highest BCUT2D eigenvalue weighted by atomic mass is 16.4. The van der Waals surface area contributed by atoms with Crippen LogP contribution in [0.4, 0.5) is 5.69 Å². The van der Waals surface area contributed by atoms with E-state index in [1.807, 2.05) is 52.8 Å². The summed E-state index contributed by atoms with van der Waals surface area (Å²) in [6.07, 6.45) is -0.0608. The molecule has 0 aromatic heterocycles. The largest absolute Gasteiger partial charge is 0.481 e. The van der Waals surface area contributed by atoms with E-state index in [1.165, 1.54) is 0 Å². The van der Waals surface area contributed by atoms with Crippen molar-refractivity contribution in [3.63, 3.8) is 0 Å². The first-order valence-corrected chi connectivity index (χ1v) is 6.74. The summed E-state index contributed by atoms with van der Waals surface area (Å²) in [5.41, 5.74) is 2.45. The summed E-state index contributed by atoms with van der Waals surface area (Å²) in [5, 5.41) is 8.85. The number of carboxylic acid groups (broad SMARTS) is 1. The van der Waals surface area contributed by atoms with Crippen LogP contribution in [0.25, 0.3) is 0 Å². The second kappa shape index (κ2) is 6.07. The standard InChI is InChI=1S/C16H23NO3/c1-11-6-7-13(10-12(11)2)17(9-8-14(18)19)15(20)16(3,4)5/h6-7,10H,8-9H2,1-5H3,(H,18,19). The number of hydrogen-bond acceptors (Lipinski definition) is 2. The zero-order valence-corrected chi connectivity index (χ0v) is 12.9. The van der Waals surface area contributed by atoms with Gasteiger partial charge < -0.3 is 10.0 Å². The Bertz CT molecular complexity index is 515. The van der Waals surface area contributed by atoms with Gasteiger partial charge in [-0.15, -0.1) is 0 Å². The van der Waals surface area contributed by atoms with E-state index >= 15 is 0 Å². The van der Waals surface area contributed by atoms with E-state index in [1.54, 1.807) is 4.90 Å². The van der Waals surface area contributed by atoms with Crippen LogP contribution in [-0.4, -0.2) is 23.5 Å². The van der Waals surface area contributed by atoms with Crippen LogP contribution in [0.2, 0.25) is 0 Å². The summed E-state index contributed by atoms with van der Waals surface area (Å²) in [6.45, 7) is 9.69. The van der Waals surface area contributed by atoms with E-state index in [0.717, 1.165) is 16.8 Å². The van der Waals surface area contributed by atoms with Gasteiger partial charge in [-0.05, 0) is 37.1 Å². The Morgan fingerprint density at radius 3 is 2.20 bits per heavy atom. The van der Waals surface area contributed by atoms with Crippen molar-refractivity contribution in [2.45, 2.75) is 41.0 Å². The third kappa shape index (κ3) is 4.08. The lowest BCUT2D eigenvalue weighted by Crippen LogP contribution is -2.40. The maximum absolute atomic E-state index is 12.5. The first-order chi connectivity index (χ1) is 9.12. The summed E-state index contributed by atoms with van der Waals surface area (Å²) in [4.78, 5) is 24.9. The second-order valence-electron chi connectivity index (χ2n) is 6.12. The molecule has 20 heavy (non-hydrogen) atoms. The van der Waals surface area contributed by atoms with E-state index in [-0.39, 0.29) is 18.9 Å². The fraction of sp³-hybridized carbons (Fsp3) is 0.500. The smallest absolute Gasteiger partial charge is 0.305 e. The topological polar surface area (TPSA) is 57.6 Å². The van der Waals surface area contributed by atoms with Gasteiger partial charge >= 0.3 is 5.97 Å². The normalized spacial score (nSPS) is 11.2. The SMILES string of the molecule is Cc1ccc(N(CCC(=O)O)C(=O)C(C)(C)C)cc1C. The highest BCUT2D eigenvalue weighted by Gasteiger charge is 2.28. The Morgan fingerprint density at radius 2 is 1.75 bits per heavy atom. The van der Waals surface area contributed by atoms with Crippen LogP contribution < -0.4 is 4.90 Å². The summed E-state index contributed by atoms with van der Waals surface area (Å²) in [7, 11) is 0. The molecule has 0 fully saturated rings. The number of carbonyl (C=O) groups is 2. The number of hydrogen-bond donors (Lipinski definition) is 1. The molecule has 0 atom stereocenters. The maximum atomic E-state index is 12.5. The molecule has 4 nitrogen and oxygen atoms in total. The monoisotopic (exact) mass is 277 g/mol. The lowest BCUT2D eigenvalue weighted by molar-refractivity contribution is -0.136. The van der Waals surface area contributed by atoms with E-state index in [2.05, 4.69) is 0 Å². The first kappa shape index (κ1) is 16.2. The first-order valence-electron chi connectivity index (χ1n) is 6.74. The Morgan fingerprint density at radius 1 is 1.15 bits per heavy atom. The van der Waals surface area contributed by atoms with Crippen molar-refractivity contribution in [1.29, 1.82) is 0 Å². The van der Waals surface area contributed by atoms with Gasteiger partial charge in [0.25, 0.3) is 0 Å². The molecule has 1 N–H and O–H groups in total. The number of carbonyl (C=O) groups excluding carboxylic acids is 1. The zero-order valence-electron chi connectivity index (χ0n) is 12.9. The Hall–Kier alpha value is -1.84. The highest BCUT2D eigenvalue weighted by molar-refractivity contribution is 5.97. The summed E-state index contributed by atoms with van der Waals surface area (Å²) >= 11 is 0. The predicted molar refractivity (Wildman–Crippen MR) is 80.0 cm³/mol. The zero-order chi connectivity index (χ0) is 15.5. The number of rotatable bonds is 4. The van der Waals surface area contributed by atoms with Crippen molar-refractivity contribution in [2.75, 3.05) is 11.4 Å². The number of benzene rings is 1. The molecule has 0 saturated carbocycles. The van der Waals surface area contributed by atoms with Gasteiger partial charge in [0.1, 0.15) is 0 Å². The summed E-state index contributed by atoms with van der Waals surface area (Å²) < 4.78 is 0. The Labute approximate surface area is 120 Å². The van der Waals surface area contributed by atoms with Crippen LogP contribution in [-0.2, 0) is 9.59 Å². The van der Waals surface area contributed by atoms with E-state index in [4.69, 9.17) is 5.11 Å². The molecule has 0 bridgehead atoms. The van der Waals surface area contributed by atoms with Gasteiger partial charge in [0.05, 0.1) is 6.42 Å². The molecule has 1 aromatic rings. The minimum Gasteiger partial charge on any atom is -0.481 e. The summed E-state index contributed by atoms with van der Waals surface area (Å²) in [5.74, 6) is -0.970.